The molecular weight excluding hydrogens is 626 g/mol. The zero-order valence-electron chi connectivity index (χ0n) is 27.0. The standard InChI is InChI=1S/C32H41N7O7S/c1-32(2,3)46-30(41)26(39(29(40)25-8-7-16-33-25)47(43,44)28-14-17-36(4)35-28)22-23-10-12-24(13-11-23)45-31(42)38-20-18-37(19-21-38)27-9-5-6-15-34-27/h5-6,9-15,17,25-26,33H,7-8,16,18-22H2,1-4H3/t25-,26-/m0/s1. The molecule has 0 bridgehead atoms. The van der Waals surface area contributed by atoms with Crippen LogP contribution in [0.1, 0.15) is 39.2 Å². The first-order valence-corrected chi connectivity index (χ1v) is 17.0. The summed E-state index contributed by atoms with van der Waals surface area (Å²) in [7, 11) is -3.01. The molecule has 15 heteroatoms. The van der Waals surface area contributed by atoms with Crippen molar-refractivity contribution in [3.63, 3.8) is 0 Å². The maximum absolute atomic E-state index is 14.0. The van der Waals surface area contributed by atoms with Gasteiger partial charge in [-0.3, -0.25) is 9.48 Å². The number of benzene rings is 1. The molecule has 3 aromatic rings. The van der Waals surface area contributed by atoms with E-state index in [1.165, 1.54) is 16.9 Å². The van der Waals surface area contributed by atoms with Crippen LogP contribution in [0.5, 0.6) is 5.75 Å². The Labute approximate surface area is 274 Å². The van der Waals surface area contributed by atoms with Gasteiger partial charge in [-0.05, 0) is 76.1 Å². The topological polar surface area (TPSA) is 156 Å². The summed E-state index contributed by atoms with van der Waals surface area (Å²) in [5.74, 6) is -0.487. The molecule has 1 aromatic carbocycles. The number of aromatic nitrogens is 3. The maximum atomic E-state index is 14.0. The monoisotopic (exact) mass is 667 g/mol. The van der Waals surface area contributed by atoms with Gasteiger partial charge in [-0.1, -0.05) is 18.2 Å². The fraction of sp³-hybridized carbons (Fsp3) is 0.469. The van der Waals surface area contributed by atoms with Gasteiger partial charge in [0.25, 0.3) is 15.9 Å². The van der Waals surface area contributed by atoms with Crippen LogP contribution in [-0.4, -0.2) is 101 Å². The molecule has 0 unspecified atom stereocenters. The van der Waals surface area contributed by atoms with Crippen molar-refractivity contribution in [1.29, 1.82) is 0 Å². The lowest BCUT2D eigenvalue weighted by Crippen LogP contribution is -2.55. The van der Waals surface area contributed by atoms with E-state index < -0.39 is 45.7 Å². The third-order valence-corrected chi connectivity index (χ3v) is 9.52. The smallest absolute Gasteiger partial charge is 0.415 e. The van der Waals surface area contributed by atoms with Crippen molar-refractivity contribution in [2.24, 2.45) is 7.05 Å². The minimum absolute atomic E-state index is 0.177. The van der Waals surface area contributed by atoms with Gasteiger partial charge in [-0.15, -0.1) is 0 Å². The third-order valence-electron chi connectivity index (χ3n) is 7.82. The molecule has 14 nitrogen and oxygen atoms in total. The summed E-state index contributed by atoms with van der Waals surface area (Å²) in [6, 6.07) is 11.1. The molecule has 5 rings (SSSR count). The molecule has 2 fully saturated rings. The van der Waals surface area contributed by atoms with Crippen LogP contribution in [0.15, 0.2) is 66.0 Å². The second-order valence-electron chi connectivity index (χ2n) is 12.5. The van der Waals surface area contributed by atoms with Gasteiger partial charge >= 0.3 is 12.1 Å². The van der Waals surface area contributed by atoms with Gasteiger partial charge in [0.15, 0.2) is 5.03 Å². The fourth-order valence-corrected chi connectivity index (χ4v) is 7.02. The average Bonchev–Trinajstić information content (AvgIpc) is 3.74. The molecule has 2 aromatic heterocycles. The molecule has 2 aliphatic rings. The number of amides is 2. The molecule has 2 amide bonds. The number of esters is 1. The van der Waals surface area contributed by atoms with Gasteiger partial charge in [0.2, 0.25) is 0 Å². The highest BCUT2D eigenvalue weighted by atomic mass is 32.2. The van der Waals surface area contributed by atoms with Crippen molar-refractivity contribution in [2.45, 2.75) is 62.7 Å². The number of carbonyl (C=O) groups excluding carboxylic acids is 3. The Hall–Kier alpha value is -4.50. The molecule has 1 N–H and O–H groups in total. The second kappa shape index (κ2) is 14.1. The predicted molar refractivity (Wildman–Crippen MR) is 172 cm³/mol. The van der Waals surface area contributed by atoms with Crippen molar-refractivity contribution in [3.05, 3.63) is 66.5 Å². The number of sulfonamides is 1. The Morgan fingerprint density at radius 3 is 2.34 bits per heavy atom. The average molecular weight is 668 g/mol. The van der Waals surface area contributed by atoms with Crippen LogP contribution in [0.3, 0.4) is 0 Å². The molecule has 2 aliphatic heterocycles. The van der Waals surface area contributed by atoms with Crippen molar-refractivity contribution >= 4 is 33.8 Å². The Bertz CT molecular complexity index is 1660. The lowest BCUT2D eigenvalue weighted by Gasteiger charge is -2.34. The van der Waals surface area contributed by atoms with Crippen molar-refractivity contribution in [1.82, 2.24) is 29.3 Å². The summed E-state index contributed by atoms with van der Waals surface area (Å²) in [4.78, 5) is 48.6. The van der Waals surface area contributed by atoms with Crippen LogP contribution in [-0.2, 0) is 37.8 Å². The number of nitrogens with zero attached hydrogens (tertiary/aromatic N) is 6. The Morgan fingerprint density at radius 1 is 1.04 bits per heavy atom. The van der Waals surface area contributed by atoms with E-state index in [0.717, 1.165) is 5.82 Å². The molecule has 0 saturated carbocycles. The number of ether oxygens (including phenoxy) is 2. The largest absolute Gasteiger partial charge is 0.458 e. The Kier molecular flexibility index (Phi) is 10.2. The summed E-state index contributed by atoms with van der Waals surface area (Å²) in [6.45, 7) is 7.72. The molecule has 0 aliphatic carbocycles. The van der Waals surface area contributed by atoms with Crippen LogP contribution in [0.25, 0.3) is 0 Å². The number of piperazine rings is 1. The second-order valence-corrected chi connectivity index (χ2v) is 14.3. The van der Waals surface area contributed by atoms with Gasteiger partial charge in [0.05, 0.1) is 6.04 Å². The highest BCUT2D eigenvalue weighted by molar-refractivity contribution is 7.89. The van der Waals surface area contributed by atoms with Crippen LogP contribution >= 0.6 is 0 Å². The molecule has 0 radical (unpaired) electrons. The van der Waals surface area contributed by atoms with Crippen LogP contribution in [0.4, 0.5) is 10.6 Å². The number of rotatable bonds is 9. The molecular formula is C32H41N7O7S. The normalized spacial score (nSPS) is 17.7. The van der Waals surface area contributed by atoms with Crippen LogP contribution < -0.4 is 15.0 Å². The minimum atomic E-state index is -4.57. The van der Waals surface area contributed by atoms with Gasteiger partial charge in [0.1, 0.15) is 23.2 Å². The molecule has 2 saturated heterocycles. The van der Waals surface area contributed by atoms with Crippen molar-refractivity contribution < 1.29 is 32.3 Å². The van der Waals surface area contributed by atoms with E-state index >= 15 is 0 Å². The van der Waals surface area contributed by atoms with Gasteiger partial charge in [-0.25, -0.2) is 18.9 Å². The Balaban J connectivity index is 1.34. The van der Waals surface area contributed by atoms with E-state index in [0.29, 0.717) is 55.4 Å². The van der Waals surface area contributed by atoms with Crippen molar-refractivity contribution in [3.8, 4) is 5.75 Å². The number of pyridine rings is 1. The minimum Gasteiger partial charge on any atom is -0.458 e. The number of nitrogens with one attached hydrogen (secondary N) is 1. The highest BCUT2D eigenvalue weighted by Crippen LogP contribution is 2.26. The SMILES string of the molecule is Cn1ccc(S(=O)(=O)N(C(=O)[C@@H]2CCCN2)[C@@H](Cc2ccc(OC(=O)N3CCN(c4ccccn4)CC3)cc2)C(=O)OC(C)(C)C)n1. The van der Waals surface area contributed by atoms with Gasteiger partial charge < -0.3 is 24.6 Å². The Morgan fingerprint density at radius 2 is 1.77 bits per heavy atom. The van der Waals surface area contributed by atoms with Crippen molar-refractivity contribution in [2.75, 3.05) is 37.6 Å². The lowest BCUT2D eigenvalue weighted by atomic mass is 10.0. The number of hydrogen-bond donors (Lipinski definition) is 1. The molecule has 2 atom stereocenters. The molecule has 47 heavy (non-hydrogen) atoms. The first-order chi connectivity index (χ1) is 22.3. The summed E-state index contributed by atoms with van der Waals surface area (Å²) in [5, 5.41) is 6.72. The van der Waals surface area contributed by atoms with Gasteiger partial charge in [-0.2, -0.15) is 13.5 Å². The van der Waals surface area contributed by atoms with E-state index in [2.05, 4.69) is 20.3 Å². The number of hydrogen-bond acceptors (Lipinski definition) is 11. The summed E-state index contributed by atoms with van der Waals surface area (Å²) < 4.78 is 41.2. The first-order valence-electron chi connectivity index (χ1n) is 15.6. The van der Waals surface area contributed by atoms with Crippen LogP contribution in [0, 0.1) is 0 Å². The summed E-state index contributed by atoms with van der Waals surface area (Å²) >= 11 is 0. The zero-order chi connectivity index (χ0) is 33.8. The number of aryl methyl sites for hydroxylation is 1. The summed E-state index contributed by atoms with van der Waals surface area (Å²) in [5.41, 5.74) is -0.427. The predicted octanol–water partition coefficient (Wildman–Crippen LogP) is 2.36. The van der Waals surface area contributed by atoms with E-state index in [9.17, 15) is 22.8 Å². The molecule has 252 valence electrons. The maximum Gasteiger partial charge on any atom is 0.415 e. The number of anilines is 1. The molecule has 0 spiro atoms. The van der Waals surface area contributed by atoms with E-state index in [4.69, 9.17) is 9.47 Å². The summed E-state index contributed by atoms with van der Waals surface area (Å²) in [6.07, 6.45) is 3.62. The lowest BCUT2D eigenvalue weighted by molar-refractivity contribution is -0.162. The van der Waals surface area contributed by atoms with Crippen LogP contribution in [0.2, 0.25) is 0 Å². The van der Waals surface area contributed by atoms with Gasteiger partial charge in [0, 0.05) is 52.0 Å². The van der Waals surface area contributed by atoms with E-state index in [1.54, 1.807) is 63.2 Å². The first kappa shape index (κ1) is 33.9. The third kappa shape index (κ3) is 8.27. The quantitative estimate of drug-likeness (QED) is 0.334. The fourth-order valence-electron chi connectivity index (χ4n) is 5.49. The molecule has 4 heterocycles. The zero-order valence-corrected chi connectivity index (χ0v) is 27.9. The van der Waals surface area contributed by atoms with E-state index in [-0.39, 0.29) is 17.2 Å². The van der Waals surface area contributed by atoms with E-state index in [1.807, 2.05) is 18.2 Å². The number of carbonyl (C=O) groups is 3. The highest BCUT2D eigenvalue weighted by Gasteiger charge is 2.45.